The number of ether oxygens (including phenoxy) is 1. The monoisotopic (exact) mass is 230 g/mol. The van der Waals surface area contributed by atoms with Gasteiger partial charge in [0.15, 0.2) is 0 Å². The van der Waals surface area contributed by atoms with E-state index in [9.17, 15) is 8.78 Å². The molecule has 0 aliphatic rings. The molecule has 0 saturated carbocycles. The zero-order chi connectivity index (χ0) is 11.8. The molecule has 0 amide bonds. The van der Waals surface area contributed by atoms with Gasteiger partial charge in [0.05, 0.1) is 12.3 Å². The predicted molar refractivity (Wildman–Crippen MR) is 59.6 cm³/mol. The zero-order valence-corrected chi connectivity index (χ0v) is 9.22. The first-order valence-electron chi connectivity index (χ1n) is 5.12. The van der Waals surface area contributed by atoms with Crippen LogP contribution in [-0.4, -0.2) is 33.4 Å². The smallest absolute Gasteiger partial charge is 0.149 e. The molecule has 3 nitrogen and oxygen atoms in total. The summed E-state index contributed by atoms with van der Waals surface area (Å²) >= 11 is 0. The van der Waals surface area contributed by atoms with Gasteiger partial charge in [-0.15, -0.1) is 0 Å². The second-order valence-corrected chi connectivity index (χ2v) is 3.29. The van der Waals surface area contributed by atoms with Crippen molar-refractivity contribution in [1.82, 2.24) is 5.32 Å². The minimum atomic E-state index is -0.572. The summed E-state index contributed by atoms with van der Waals surface area (Å²) in [6, 6.07) is 3.48. The van der Waals surface area contributed by atoms with Gasteiger partial charge in [0, 0.05) is 32.8 Å². The summed E-state index contributed by atoms with van der Waals surface area (Å²) in [7, 11) is 1.63. The molecule has 1 aromatic carbocycles. The molecular weight excluding hydrogens is 214 g/mol. The SMILES string of the molecule is COCCNCCNc1ccc(F)cc1F. The minimum Gasteiger partial charge on any atom is -0.383 e. The second kappa shape index (κ2) is 7.14. The maximum Gasteiger partial charge on any atom is 0.149 e. The minimum absolute atomic E-state index is 0.315. The molecule has 0 spiro atoms. The van der Waals surface area contributed by atoms with E-state index in [-0.39, 0.29) is 0 Å². The normalized spacial score (nSPS) is 10.4. The van der Waals surface area contributed by atoms with E-state index >= 15 is 0 Å². The average molecular weight is 230 g/mol. The van der Waals surface area contributed by atoms with Gasteiger partial charge in [-0.2, -0.15) is 0 Å². The lowest BCUT2D eigenvalue weighted by atomic mass is 10.3. The summed E-state index contributed by atoms with van der Waals surface area (Å²) in [6.07, 6.45) is 0. The maximum absolute atomic E-state index is 13.1. The van der Waals surface area contributed by atoms with Gasteiger partial charge >= 0.3 is 0 Å². The standard InChI is InChI=1S/C11H16F2N2O/c1-16-7-6-14-4-5-15-11-3-2-9(12)8-10(11)13/h2-3,8,14-15H,4-7H2,1H3. The number of anilines is 1. The van der Waals surface area contributed by atoms with E-state index in [0.717, 1.165) is 12.6 Å². The number of methoxy groups -OCH3 is 1. The van der Waals surface area contributed by atoms with E-state index in [1.54, 1.807) is 7.11 Å². The highest BCUT2D eigenvalue weighted by atomic mass is 19.1. The van der Waals surface area contributed by atoms with Crippen molar-refractivity contribution in [1.29, 1.82) is 0 Å². The molecule has 0 aliphatic carbocycles. The Kier molecular flexibility index (Phi) is 5.74. The summed E-state index contributed by atoms with van der Waals surface area (Å²) < 4.78 is 30.6. The highest BCUT2D eigenvalue weighted by molar-refractivity contribution is 5.44. The molecule has 0 heterocycles. The summed E-state index contributed by atoms with van der Waals surface area (Å²) in [5.74, 6) is -1.14. The van der Waals surface area contributed by atoms with Crippen molar-refractivity contribution >= 4 is 5.69 Å². The fraction of sp³-hybridized carbons (Fsp3) is 0.455. The lowest BCUT2D eigenvalue weighted by Crippen LogP contribution is -2.25. The third-order valence-electron chi connectivity index (χ3n) is 2.03. The van der Waals surface area contributed by atoms with Crippen molar-refractivity contribution in [2.75, 3.05) is 38.7 Å². The maximum atomic E-state index is 13.1. The molecule has 0 aromatic heterocycles. The first kappa shape index (κ1) is 12.9. The zero-order valence-electron chi connectivity index (χ0n) is 9.22. The van der Waals surface area contributed by atoms with Gasteiger partial charge in [-0.1, -0.05) is 0 Å². The Morgan fingerprint density at radius 1 is 1.19 bits per heavy atom. The highest BCUT2D eigenvalue weighted by Crippen LogP contribution is 2.13. The van der Waals surface area contributed by atoms with Crippen LogP contribution in [0.3, 0.4) is 0 Å². The van der Waals surface area contributed by atoms with Crippen molar-refractivity contribution in [3.05, 3.63) is 29.8 Å². The molecule has 0 saturated heterocycles. The highest BCUT2D eigenvalue weighted by Gasteiger charge is 2.01. The largest absolute Gasteiger partial charge is 0.383 e. The van der Waals surface area contributed by atoms with Gasteiger partial charge in [-0.3, -0.25) is 0 Å². The summed E-state index contributed by atoms with van der Waals surface area (Å²) in [6.45, 7) is 2.67. The molecule has 90 valence electrons. The molecule has 2 N–H and O–H groups in total. The van der Waals surface area contributed by atoms with E-state index in [2.05, 4.69) is 10.6 Å². The van der Waals surface area contributed by atoms with Crippen LogP contribution in [-0.2, 0) is 4.74 Å². The van der Waals surface area contributed by atoms with Gasteiger partial charge in [0.1, 0.15) is 11.6 Å². The van der Waals surface area contributed by atoms with Crippen molar-refractivity contribution in [2.24, 2.45) is 0 Å². The van der Waals surface area contributed by atoms with Gasteiger partial charge < -0.3 is 15.4 Å². The van der Waals surface area contributed by atoms with E-state index in [0.29, 0.717) is 25.4 Å². The van der Waals surface area contributed by atoms with Crippen molar-refractivity contribution in [3.63, 3.8) is 0 Å². The Labute approximate surface area is 93.8 Å². The van der Waals surface area contributed by atoms with E-state index in [1.165, 1.54) is 12.1 Å². The Morgan fingerprint density at radius 3 is 2.69 bits per heavy atom. The molecule has 0 aliphatic heterocycles. The van der Waals surface area contributed by atoms with Crippen LogP contribution in [0.4, 0.5) is 14.5 Å². The summed E-state index contributed by atoms with van der Waals surface area (Å²) in [4.78, 5) is 0. The number of nitrogens with one attached hydrogen (secondary N) is 2. The Bertz CT molecular complexity index is 321. The molecule has 0 unspecified atom stereocenters. The van der Waals surface area contributed by atoms with Gasteiger partial charge in [0.2, 0.25) is 0 Å². The fourth-order valence-electron chi connectivity index (χ4n) is 1.22. The Hall–Kier alpha value is -1.20. The van der Waals surface area contributed by atoms with E-state index in [1.807, 2.05) is 0 Å². The Morgan fingerprint density at radius 2 is 2.00 bits per heavy atom. The average Bonchev–Trinajstić information content (AvgIpc) is 2.26. The van der Waals surface area contributed by atoms with Crippen LogP contribution in [0.1, 0.15) is 0 Å². The molecule has 5 heteroatoms. The number of rotatable bonds is 7. The fourth-order valence-corrected chi connectivity index (χ4v) is 1.22. The molecule has 16 heavy (non-hydrogen) atoms. The van der Waals surface area contributed by atoms with Crippen LogP contribution in [0.15, 0.2) is 18.2 Å². The third kappa shape index (κ3) is 4.55. The quantitative estimate of drug-likeness (QED) is 0.698. The lowest BCUT2D eigenvalue weighted by Gasteiger charge is -2.08. The van der Waals surface area contributed by atoms with Crippen LogP contribution >= 0.6 is 0 Å². The predicted octanol–water partition coefficient (Wildman–Crippen LogP) is 1.61. The Balaban J connectivity index is 2.21. The number of hydrogen-bond donors (Lipinski definition) is 2. The van der Waals surface area contributed by atoms with Crippen LogP contribution in [0.25, 0.3) is 0 Å². The van der Waals surface area contributed by atoms with Crippen LogP contribution in [0.2, 0.25) is 0 Å². The first-order chi connectivity index (χ1) is 7.74. The number of benzene rings is 1. The lowest BCUT2D eigenvalue weighted by molar-refractivity contribution is 0.200. The second-order valence-electron chi connectivity index (χ2n) is 3.29. The summed E-state index contributed by atoms with van der Waals surface area (Å²) in [5, 5.41) is 5.98. The van der Waals surface area contributed by atoms with E-state index in [4.69, 9.17) is 4.74 Å². The van der Waals surface area contributed by atoms with Gasteiger partial charge in [0.25, 0.3) is 0 Å². The van der Waals surface area contributed by atoms with Crippen molar-refractivity contribution < 1.29 is 13.5 Å². The van der Waals surface area contributed by atoms with Crippen molar-refractivity contribution in [2.45, 2.75) is 0 Å². The summed E-state index contributed by atoms with van der Waals surface area (Å²) in [5.41, 5.74) is 0.315. The number of hydrogen-bond acceptors (Lipinski definition) is 3. The van der Waals surface area contributed by atoms with Crippen LogP contribution in [0, 0.1) is 11.6 Å². The molecule has 0 atom stereocenters. The molecule has 0 radical (unpaired) electrons. The molecule has 0 bridgehead atoms. The molecular formula is C11H16F2N2O. The third-order valence-corrected chi connectivity index (χ3v) is 2.03. The first-order valence-corrected chi connectivity index (χ1v) is 5.12. The van der Waals surface area contributed by atoms with Gasteiger partial charge in [-0.25, -0.2) is 8.78 Å². The van der Waals surface area contributed by atoms with Crippen molar-refractivity contribution in [3.8, 4) is 0 Å². The molecule has 1 rings (SSSR count). The molecule has 0 fully saturated rings. The van der Waals surface area contributed by atoms with E-state index < -0.39 is 11.6 Å². The topological polar surface area (TPSA) is 33.3 Å². The molecule has 1 aromatic rings. The van der Waals surface area contributed by atoms with Crippen LogP contribution in [0.5, 0.6) is 0 Å². The van der Waals surface area contributed by atoms with Gasteiger partial charge in [-0.05, 0) is 12.1 Å². The van der Waals surface area contributed by atoms with Crippen LogP contribution < -0.4 is 10.6 Å². The number of halogens is 2.